The second kappa shape index (κ2) is 9.32. The molecule has 0 aliphatic heterocycles. The molecule has 0 bridgehead atoms. The van der Waals surface area contributed by atoms with Crippen molar-refractivity contribution in [2.75, 3.05) is 19.4 Å². The first-order chi connectivity index (χ1) is 14.3. The second-order valence-corrected chi connectivity index (χ2v) is 8.17. The maximum Gasteiger partial charge on any atom is 0.258 e. The Kier molecular flexibility index (Phi) is 6.79. The number of nitrogens with one attached hydrogen (secondary N) is 1. The minimum atomic E-state index is -0.360. The van der Waals surface area contributed by atoms with Crippen molar-refractivity contribution in [2.24, 2.45) is 0 Å². The molecular formula is C21H21ClN4O3S. The molecule has 30 heavy (non-hydrogen) atoms. The van der Waals surface area contributed by atoms with Crippen LogP contribution in [-0.4, -0.2) is 41.0 Å². The van der Waals surface area contributed by atoms with Crippen LogP contribution in [0.4, 0.5) is 5.69 Å². The highest BCUT2D eigenvalue weighted by atomic mass is 35.5. The summed E-state index contributed by atoms with van der Waals surface area (Å²) < 4.78 is 5.19. The van der Waals surface area contributed by atoms with Gasteiger partial charge in [-0.05, 0) is 44.2 Å². The molecule has 1 N–H and O–H groups in total. The quantitative estimate of drug-likeness (QED) is 0.559. The number of aromatic nitrogens is 2. The van der Waals surface area contributed by atoms with Crippen LogP contribution in [0.1, 0.15) is 37.7 Å². The van der Waals surface area contributed by atoms with Gasteiger partial charge in [0.1, 0.15) is 10.8 Å². The van der Waals surface area contributed by atoms with Crippen LogP contribution in [0.2, 0.25) is 5.02 Å². The van der Waals surface area contributed by atoms with Gasteiger partial charge in [-0.15, -0.1) is 11.8 Å². The highest BCUT2D eigenvalue weighted by Gasteiger charge is 2.18. The number of hydrogen-bond acceptors (Lipinski definition) is 6. The maximum atomic E-state index is 12.9. The van der Waals surface area contributed by atoms with Crippen molar-refractivity contribution in [2.45, 2.75) is 24.6 Å². The van der Waals surface area contributed by atoms with E-state index in [1.54, 1.807) is 50.6 Å². The number of rotatable bonds is 6. The molecule has 3 aromatic rings. The van der Waals surface area contributed by atoms with Gasteiger partial charge >= 0.3 is 0 Å². The molecule has 7 nitrogen and oxygen atoms in total. The number of aryl methyl sites for hydroxylation is 2. The van der Waals surface area contributed by atoms with E-state index in [9.17, 15) is 9.59 Å². The van der Waals surface area contributed by atoms with Gasteiger partial charge in [-0.25, -0.2) is 4.98 Å². The number of carbonyl (C=O) groups is 2. The first-order valence-electron chi connectivity index (χ1n) is 9.10. The topological polar surface area (TPSA) is 88.3 Å². The van der Waals surface area contributed by atoms with Gasteiger partial charge in [0.25, 0.3) is 11.8 Å². The van der Waals surface area contributed by atoms with Crippen molar-refractivity contribution in [1.82, 2.24) is 15.0 Å². The van der Waals surface area contributed by atoms with E-state index in [0.717, 1.165) is 17.0 Å². The Morgan fingerprint density at radius 1 is 1.23 bits per heavy atom. The second-order valence-electron chi connectivity index (χ2n) is 6.80. The summed E-state index contributed by atoms with van der Waals surface area (Å²) in [5, 5.41) is 7.66. The van der Waals surface area contributed by atoms with Crippen molar-refractivity contribution in [3.8, 4) is 0 Å². The summed E-state index contributed by atoms with van der Waals surface area (Å²) in [7, 11) is 3.32. The molecule has 0 radical (unpaired) electrons. The molecule has 156 valence electrons. The van der Waals surface area contributed by atoms with Crippen LogP contribution in [0.15, 0.2) is 46.1 Å². The fourth-order valence-corrected chi connectivity index (χ4v) is 4.04. The van der Waals surface area contributed by atoms with E-state index in [2.05, 4.69) is 15.5 Å². The lowest BCUT2D eigenvalue weighted by Gasteiger charge is -2.13. The van der Waals surface area contributed by atoms with E-state index in [-0.39, 0.29) is 11.8 Å². The molecule has 2 heterocycles. The number of anilines is 1. The third-order valence-electron chi connectivity index (χ3n) is 4.42. The van der Waals surface area contributed by atoms with Crippen molar-refractivity contribution in [3.05, 3.63) is 69.7 Å². The van der Waals surface area contributed by atoms with Crippen LogP contribution in [0, 0.1) is 13.8 Å². The number of amides is 2. The van der Waals surface area contributed by atoms with E-state index < -0.39 is 0 Å². The highest BCUT2D eigenvalue weighted by molar-refractivity contribution is 7.98. The highest BCUT2D eigenvalue weighted by Crippen LogP contribution is 2.29. The van der Waals surface area contributed by atoms with Gasteiger partial charge in [-0.1, -0.05) is 16.8 Å². The predicted molar refractivity (Wildman–Crippen MR) is 117 cm³/mol. The van der Waals surface area contributed by atoms with Gasteiger partial charge in [0, 0.05) is 37.2 Å². The van der Waals surface area contributed by atoms with Gasteiger partial charge in [0.05, 0.1) is 22.0 Å². The van der Waals surface area contributed by atoms with Gasteiger partial charge < -0.3 is 14.7 Å². The molecular weight excluding hydrogens is 424 g/mol. The lowest BCUT2D eigenvalue weighted by Crippen LogP contribution is -2.22. The molecule has 2 amide bonds. The van der Waals surface area contributed by atoms with Gasteiger partial charge in [-0.3, -0.25) is 9.59 Å². The Balaban J connectivity index is 1.81. The minimum Gasteiger partial charge on any atom is -0.361 e. The lowest BCUT2D eigenvalue weighted by molar-refractivity contribution is 0.0827. The molecule has 0 fully saturated rings. The molecule has 2 aromatic heterocycles. The van der Waals surface area contributed by atoms with Crippen LogP contribution >= 0.6 is 23.4 Å². The van der Waals surface area contributed by atoms with Crippen molar-refractivity contribution < 1.29 is 14.1 Å². The van der Waals surface area contributed by atoms with Gasteiger partial charge in [-0.2, -0.15) is 0 Å². The number of carbonyl (C=O) groups excluding carboxylic acids is 2. The summed E-state index contributed by atoms with van der Waals surface area (Å²) in [5.74, 6) is 0.780. The van der Waals surface area contributed by atoms with E-state index in [1.807, 2.05) is 13.8 Å². The van der Waals surface area contributed by atoms with E-state index in [4.69, 9.17) is 16.1 Å². The summed E-state index contributed by atoms with van der Waals surface area (Å²) in [5.41, 5.74) is 3.00. The lowest BCUT2D eigenvalue weighted by atomic mass is 10.1. The smallest absolute Gasteiger partial charge is 0.258 e. The average molecular weight is 445 g/mol. The van der Waals surface area contributed by atoms with Crippen LogP contribution in [0.5, 0.6) is 0 Å². The zero-order valence-electron chi connectivity index (χ0n) is 17.0. The molecule has 0 saturated carbocycles. The van der Waals surface area contributed by atoms with Crippen LogP contribution < -0.4 is 5.32 Å². The Morgan fingerprint density at radius 2 is 2.00 bits per heavy atom. The summed E-state index contributed by atoms with van der Waals surface area (Å²) in [6.07, 6.45) is 1.63. The number of thioether (sulfide) groups is 1. The van der Waals surface area contributed by atoms with Crippen LogP contribution in [-0.2, 0) is 5.75 Å². The standard InChI is InChI=1S/C21H21ClN4O3S/c1-12-16(13(2)29-25-12)11-30-20-15(6-5-9-23-20)19(27)24-18-10-14(7-8-17(18)22)21(28)26(3)4/h5-10H,11H2,1-4H3,(H,24,27). The van der Waals surface area contributed by atoms with Crippen LogP contribution in [0.3, 0.4) is 0 Å². The summed E-state index contributed by atoms with van der Waals surface area (Å²) >= 11 is 7.66. The van der Waals surface area contributed by atoms with Crippen LogP contribution in [0.25, 0.3) is 0 Å². The molecule has 0 saturated heterocycles. The zero-order chi connectivity index (χ0) is 21.8. The van der Waals surface area contributed by atoms with Gasteiger partial charge in [0.2, 0.25) is 0 Å². The van der Waals surface area contributed by atoms with E-state index >= 15 is 0 Å². The van der Waals surface area contributed by atoms with Crippen molar-refractivity contribution >= 4 is 40.9 Å². The Labute approximate surface area is 183 Å². The summed E-state index contributed by atoms with van der Waals surface area (Å²) in [4.78, 5) is 31.0. The number of halogens is 1. The molecule has 1 aromatic carbocycles. The summed E-state index contributed by atoms with van der Waals surface area (Å²) in [6.45, 7) is 3.73. The first kappa shape index (κ1) is 21.9. The number of benzene rings is 1. The number of hydrogen-bond donors (Lipinski definition) is 1. The number of nitrogens with zero attached hydrogens (tertiary/aromatic N) is 3. The molecule has 0 aliphatic carbocycles. The Hall–Kier alpha value is -2.84. The molecule has 0 spiro atoms. The average Bonchev–Trinajstić information content (AvgIpc) is 3.05. The van der Waals surface area contributed by atoms with Crippen molar-refractivity contribution in [3.63, 3.8) is 0 Å². The normalized spacial score (nSPS) is 10.7. The molecule has 0 atom stereocenters. The molecule has 0 aliphatic rings. The molecule has 0 unspecified atom stereocenters. The maximum absolute atomic E-state index is 12.9. The summed E-state index contributed by atoms with van der Waals surface area (Å²) in [6, 6.07) is 8.17. The Bertz CT molecular complexity index is 1080. The minimum absolute atomic E-state index is 0.181. The van der Waals surface area contributed by atoms with Gasteiger partial charge in [0.15, 0.2) is 0 Å². The van der Waals surface area contributed by atoms with E-state index in [0.29, 0.717) is 32.6 Å². The fourth-order valence-electron chi connectivity index (χ4n) is 2.73. The molecule has 9 heteroatoms. The Morgan fingerprint density at radius 3 is 2.67 bits per heavy atom. The van der Waals surface area contributed by atoms with Crippen molar-refractivity contribution in [1.29, 1.82) is 0 Å². The zero-order valence-corrected chi connectivity index (χ0v) is 18.6. The monoisotopic (exact) mass is 444 g/mol. The van der Waals surface area contributed by atoms with E-state index in [1.165, 1.54) is 16.7 Å². The SMILES string of the molecule is Cc1noc(C)c1CSc1ncccc1C(=O)Nc1cc(C(=O)N(C)C)ccc1Cl. The first-order valence-corrected chi connectivity index (χ1v) is 10.5. The fraction of sp³-hybridized carbons (Fsp3) is 0.238. The third-order valence-corrected chi connectivity index (χ3v) is 5.78. The third kappa shape index (κ3) is 4.83. The predicted octanol–water partition coefficient (Wildman–Crippen LogP) is 4.59. The molecule has 3 rings (SSSR count). The number of pyridine rings is 1. The largest absolute Gasteiger partial charge is 0.361 e.